The van der Waals surface area contributed by atoms with E-state index >= 15 is 0 Å². The second-order valence-corrected chi connectivity index (χ2v) is 4.69. The molecule has 3 nitrogen and oxygen atoms in total. The van der Waals surface area contributed by atoms with E-state index in [2.05, 4.69) is 21.2 Å². The Labute approximate surface area is 97.6 Å². The fourth-order valence-corrected chi connectivity index (χ4v) is 1.46. The molecule has 0 aromatic heterocycles. The van der Waals surface area contributed by atoms with Crippen molar-refractivity contribution >= 4 is 21.8 Å². The van der Waals surface area contributed by atoms with Gasteiger partial charge < -0.3 is 10.4 Å². The normalized spacial score (nSPS) is 11.2. The summed E-state index contributed by atoms with van der Waals surface area (Å²) in [4.78, 5) is 11.4. The molecule has 0 heterocycles. The summed E-state index contributed by atoms with van der Waals surface area (Å²) in [6.07, 6.45) is 0. The van der Waals surface area contributed by atoms with Crippen LogP contribution in [0, 0.1) is 0 Å². The third kappa shape index (κ3) is 3.64. The van der Waals surface area contributed by atoms with Gasteiger partial charge in [0, 0.05) is 11.0 Å². The fraction of sp³-hybridized carbons (Fsp3) is 0.364. The average Bonchev–Trinajstić information content (AvgIpc) is 2.14. The smallest absolute Gasteiger partial charge is 0.251 e. The van der Waals surface area contributed by atoms with Gasteiger partial charge in [-0.05, 0) is 25.5 Å². The summed E-state index contributed by atoms with van der Waals surface area (Å²) >= 11 is 3.38. The molecule has 1 aromatic rings. The zero-order valence-corrected chi connectivity index (χ0v) is 10.3. The highest BCUT2D eigenvalue weighted by molar-refractivity contribution is 9.10. The molecule has 0 atom stereocenters. The highest BCUT2D eigenvalue weighted by atomic mass is 79.9. The number of hydrogen-bond acceptors (Lipinski definition) is 2. The van der Waals surface area contributed by atoms with E-state index in [4.69, 9.17) is 0 Å². The minimum atomic E-state index is -1.33. The van der Waals surface area contributed by atoms with Gasteiger partial charge >= 0.3 is 0 Å². The summed E-state index contributed by atoms with van der Waals surface area (Å²) in [6.45, 7) is 3.33. The molecule has 0 radical (unpaired) electrons. The number of benzene rings is 1. The van der Waals surface area contributed by atoms with Crippen molar-refractivity contribution in [2.75, 3.05) is 0 Å². The van der Waals surface area contributed by atoms with E-state index in [1.165, 1.54) is 13.8 Å². The first-order valence-corrected chi connectivity index (χ1v) is 5.44. The molecular weight excluding hydrogens is 258 g/mol. The largest absolute Gasteiger partial charge is 0.381 e. The van der Waals surface area contributed by atoms with Gasteiger partial charge in [-0.3, -0.25) is 4.79 Å². The summed E-state index contributed by atoms with van der Waals surface area (Å²) in [7, 11) is 0. The molecule has 15 heavy (non-hydrogen) atoms. The summed E-state index contributed by atoms with van der Waals surface area (Å²) in [6, 6.07) is 7.63. The van der Waals surface area contributed by atoms with Crippen LogP contribution >= 0.6 is 15.9 Å². The van der Waals surface area contributed by atoms with Crippen molar-refractivity contribution in [3.63, 3.8) is 0 Å². The number of carbonyl (C=O) groups is 1. The molecule has 0 aliphatic rings. The molecule has 1 aromatic carbocycles. The lowest BCUT2D eigenvalue weighted by Crippen LogP contribution is -2.41. The van der Waals surface area contributed by atoms with Crippen LogP contribution in [0.5, 0.6) is 0 Å². The fourth-order valence-electron chi connectivity index (χ4n) is 1.03. The van der Waals surface area contributed by atoms with Crippen LogP contribution in [0.15, 0.2) is 28.7 Å². The lowest BCUT2D eigenvalue weighted by atomic mass is 10.1. The Kier molecular flexibility index (Phi) is 3.88. The third-order valence-corrected chi connectivity index (χ3v) is 2.73. The van der Waals surface area contributed by atoms with Crippen LogP contribution in [0.1, 0.15) is 19.4 Å². The van der Waals surface area contributed by atoms with Gasteiger partial charge in [0.15, 0.2) is 0 Å². The van der Waals surface area contributed by atoms with E-state index in [1.54, 1.807) is 0 Å². The highest BCUT2D eigenvalue weighted by Crippen LogP contribution is 2.15. The van der Waals surface area contributed by atoms with E-state index < -0.39 is 5.60 Å². The maximum Gasteiger partial charge on any atom is 0.251 e. The molecule has 1 amide bonds. The zero-order valence-electron chi connectivity index (χ0n) is 8.75. The van der Waals surface area contributed by atoms with Crippen molar-refractivity contribution in [2.45, 2.75) is 26.0 Å². The van der Waals surface area contributed by atoms with Crippen molar-refractivity contribution in [1.29, 1.82) is 0 Å². The summed E-state index contributed by atoms with van der Waals surface area (Å²) in [5.41, 5.74) is -0.351. The Hall–Kier alpha value is -0.870. The Balaban J connectivity index is 2.59. The first-order valence-electron chi connectivity index (χ1n) is 4.65. The van der Waals surface area contributed by atoms with Gasteiger partial charge in [0.2, 0.25) is 0 Å². The molecular formula is C11H14BrNO2. The van der Waals surface area contributed by atoms with Crippen LogP contribution in [0.3, 0.4) is 0 Å². The van der Waals surface area contributed by atoms with Crippen LogP contribution in [0.25, 0.3) is 0 Å². The summed E-state index contributed by atoms with van der Waals surface area (Å²) in [5.74, 6) is -0.377. The van der Waals surface area contributed by atoms with Crippen LogP contribution < -0.4 is 5.32 Å². The molecule has 0 saturated heterocycles. The van der Waals surface area contributed by atoms with E-state index in [9.17, 15) is 9.90 Å². The van der Waals surface area contributed by atoms with Gasteiger partial charge in [-0.1, -0.05) is 34.1 Å². The Morgan fingerprint density at radius 3 is 2.60 bits per heavy atom. The third-order valence-electron chi connectivity index (χ3n) is 1.95. The van der Waals surface area contributed by atoms with Crippen molar-refractivity contribution in [3.05, 3.63) is 34.3 Å². The molecule has 0 fully saturated rings. The lowest BCUT2D eigenvalue weighted by molar-refractivity contribution is -0.136. The van der Waals surface area contributed by atoms with Crippen LogP contribution in [0.2, 0.25) is 0 Å². The molecule has 0 bridgehead atoms. The second kappa shape index (κ2) is 4.77. The minimum Gasteiger partial charge on any atom is -0.381 e. The number of amides is 1. The van der Waals surface area contributed by atoms with Gasteiger partial charge in [0.25, 0.3) is 5.91 Å². The van der Waals surface area contributed by atoms with Crippen LogP contribution in [-0.4, -0.2) is 16.6 Å². The van der Waals surface area contributed by atoms with E-state index in [-0.39, 0.29) is 5.91 Å². The minimum absolute atomic E-state index is 0.377. The first kappa shape index (κ1) is 12.2. The Morgan fingerprint density at radius 2 is 2.07 bits per heavy atom. The molecule has 82 valence electrons. The quantitative estimate of drug-likeness (QED) is 0.882. The van der Waals surface area contributed by atoms with Gasteiger partial charge in [-0.25, -0.2) is 0 Å². The van der Waals surface area contributed by atoms with Crippen LogP contribution in [0.4, 0.5) is 0 Å². The van der Waals surface area contributed by atoms with Crippen molar-refractivity contribution in [3.8, 4) is 0 Å². The predicted molar refractivity (Wildman–Crippen MR) is 62.3 cm³/mol. The predicted octanol–water partition coefficient (Wildman–Crippen LogP) is 1.84. The number of hydrogen-bond donors (Lipinski definition) is 2. The van der Waals surface area contributed by atoms with Gasteiger partial charge in [-0.15, -0.1) is 0 Å². The Bertz CT molecular complexity index is 358. The number of carbonyl (C=O) groups excluding carboxylic acids is 1. The molecule has 4 heteroatoms. The first-order chi connectivity index (χ1) is 6.91. The van der Waals surface area contributed by atoms with Crippen molar-refractivity contribution < 1.29 is 9.90 Å². The topological polar surface area (TPSA) is 49.3 Å². The SMILES string of the molecule is CC(C)(O)C(=O)NCc1ccccc1Br. The molecule has 0 aliphatic heterocycles. The molecule has 0 aliphatic carbocycles. The maximum absolute atomic E-state index is 11.4. The van der Waals surface area contributed by atoms with Crippen molar-refractivity contribution in [1.82, 2.24) is 5.32 Å². The number of rotatable bonds is 3. The number of aliphatic hydroxyl groups is 1. The zero-order chi connectivity index (χ0) is 11.5. The van der Waals surface area contributed by atoms with E-state index in [1.807, 2.05) is 24.3 Å². The number of nitrogens with one attached hydrogen (secondary N) is 1. The maximum atomic E-state index is 11.4. The van der Waals surface area contributed by atoms with Crippen molar-refractivity contribution in [2.24, 2.45) is 0 Å². The van der Waals surface area contributed by atoms with E-state index in [0.717, 1.165) is 10.0 Å². The van der Waals surface area contributed by atoms with Gasteiger partial charge in [0.05, 0.1) is 0 Å². The average molecular weight is 272 g/mol. The molecule has 2 N–H and O–H groups in total. The Morgan fingerprint density at radius 1 is 1.47 bits per heavy atom. The van der Waals surface area contributed by atoms with E-state index in [0.29, 0.717) is 6.54 Å². The summed E-state index contributed by atoms with van der Waals surface area (Å²) < 4.78 is 0.945. The summed E-state index contributed by atoms with van der Waals surface area (Å²) in [5, 5.41) is 12.1. The molecule has 0 unspecified atom stereocenters. The van der Waals surface area contributed by atoms with Gasteiger partial charge in [0.1, 0.15) is 5.60 Å². The molecule has 1 rings (SSSR count). The van der Waals surface area contributed by atoms with Gasteiger partial charge in [-0.2, -0.15) is 0 Å². The van der Waals surface area contributed by atoms with Crippen LogP contribution in [-0.2, 0) is 11.3 Å². The highest BCUT2D eigenvalue weighted by Gasteiger charge is 2.23. The monoisotopic (exact) mass is 271 g/mol. The standard InChI is InChI=1S/C11H14BrNO2/c1-11(2,15)10(14)13-7-8-5-3-4-6-9(8)12/h3-6,15H,7H2,1-2H3,(H,13,14). The second-order valence-electron chi connectivity index (χ2n) is 3.83. The lowest BCUT2D eigenvalue weighted by Gasteiger charge is -2.16. The molecule has 0 spiro atoms. The molecule has 0 saturated carbocycles. The number of halogens is 1.